The second kappa shape index (κ2) is 5.76. The summed E-state index contributed by atoms with van der Waals surface area (Å²) in [4.78, 5) is 25.1. The molecule has 1 amide bonds. The molecule has 9 heteroatoms. The Kier molecular flexibility index (Phi) is 3.86. The first-order valence-electron chi connectivity index (χ1n) is 5.51. The largest absolute Gasteiger partial charge is 0.433 e. The second-order valence-electron chi connectivity index (χ2n) is 3.66. The van der Waals surface area contributed by atoms with Gasteiger partial charge in [0.1, 0.15) is 17.6 Å². The molecule has 9 nitrogen and oxygen atoms in total. The summed E-state index contributed by atoms with van der Waals surface area (Å²) in [5.41, 5.74) is 0. The van der Waals surface area contributed by atoms with Crippen molar-refractivity contribution in [3.63, 3.8) is 0 Å². The van der Waals surface area contributed by atoms with Crippen LogP contribution < -0.4 is 5.32 Å². The lowest BCUT2D eigenvalue weighted by Gasteiger charge is -2.02. The lowest BCUT2D eigenvalue weighted by atomic mass is 10.4. The van der Waals surface area contributed by atoms with Crippen molar-refractivity contribution < 1.29 is 14.1 Å². The van der Waals surface area contributed by atoms with Crippen molar-refractivity contribution in [2.45, 2.75) is 13.0 Å². The molecule has 0 saturated heterocycles. The number of hydrogen-bond acceptors (Lipinski definition) is 6. The second-order valence-corrected chi connectivity index (χ2v) is 3.66. The predicted octanol–water partition coefficient (Wildman–Crippen LogP) is 0.599. The average molecular weight is 265 g/mol. The SMILES string of the molecule is O=C(NCCCn1cncn1)c1ccc([N+](=O)[O-])o1. The van der Waals surface area contributed by atoms with E-state index in [0.29, 0.717) is 19.5 Å². The Hall–Kier alpha value is -2.71. The van der Waals surface area contributed by atoms with Crippen LogP contribution in [0.1, 0.15) is 17.0 Å². The lowest BCUT2D eigenvalue weighted by molar-refractivity contribution is -0.402. The molecule has 19 heavy (non-hydrogen) atoms. The normalized spacial score (nSPS) is 10.3. The molecule has 2 aromatic rings. The summed E-state index contributed by atoms with van der Waals surface area (Å²) in [6, 6.07) is 2.41. The summed E-state index contributed by atoms with van der Waals surface area (Å²) in [6.07, 6.45) is 3.68. The number of nitrogens with zero attached hydrogens (tertiary/aromatic N) is 4. The van der Waals surface area contributed by atoms with Gasteiger partial charge in [-0.2, -0.15) is 5.10 Å². The molecule has 0 aliphatic rings. The van der Waals surface area contributed by atoms with Crippen molar-refractivity contribution in [1.29, 1.82) is 0 Å². The van der Waals surface area contributed by atoms with Crippen molar-refractivity contribution in [2.24, 2.45) is 0 Å². The first-order valence-corrected chi connectivity index (χ1v) is 5.51. The van der Waals surface area contributed by atoms with E-state index in [1.165, 1.54) is 12.4 Å². The monoisotopic (exact) mass is 265 g/mol. The van der Waals surface area contributed by atoms with Crippen LogP contribution in [0.2, 0.25) is 0 Å². The van der Waals surface area contributed by atoms with Gasteiger partial charge in [-0.3, -0.25) is 19.6 Å². The number of carbonyl (C=O) groups is 1. The van der Waals surface area contributed by atoms with Crippen LogP contribution in [-0.4, -0.2) is 32.1 Å². The molecule has 0 spiro atoms. The van der Waals surface area contributed by atoms with Crippen LogP contribution in [-0.2, 0) is 6.54 Å². The number of furan rings is 1. The molecule has 0 atom stereocenters. The standard InChI is InChI=1S/C10H11N5O4/c16-10(8-2-3-9(19-8)15(17)18)12-4-1-5-14-7-11-6-13-14/h2-3,6-7H,1,4-5H2,(H,12,16). The number of nitro groups is 1. The highest BCUT2D eigenvalue weighted by molar-refractivity contribution is 5.91. The fourth-order valence-corrected chi connectivity index (χ4v) is 1.43. The molecule has 0 aromatic carbocycles. The van der Waals surface area contributed by atoms with Crippen molar-refractivity contribution in [3.05, 3.63) is 40.7 Å². The van der Waals surface area contributed by atoms with Crippen molar-refractivity contribution in [2.75, 3.05) is 6.54 Å². The van der Waals surface area contributed by atoms with Crippen LogP contribution >= 0.6 is 0 Å². The molecular weight excluding hydrogens is 254 g/mol. The molecule has 0 radical (unpaired) electrons. The van der Waals surface area contributed by atoms with E-state index in [9.17, 15) is 14.9 Å². The minimum absolute atomic E-state index is 0.0764. The highest BCUT2D eigenvalue weighted by Crippen LogP contribution is 2.15. The maximum Gasteiger partial charge on any atom is 0.433 e. The number of amides is 1. The van der Waals surface area contributed by atoms with E-state index in [2.05, 4.69) is 15.4 Å². The molecule has 0 saturated carbocycles. The smallest absolute Gasteiger partial charge is 0.395 e. The van der Waals surface area contributed by atoms with Crippen LogP contribution in [0, 0.1) is 10.1 Å². The molecular formula is C10H11N5O4. The molecule has 2 aromatic heterocycles. The van der Waals surface area contributed by atoms with Gasteiger partial charge in [-0.1, -0.05) is 0 Å². The zero-order valence-electron chi connectivity index (χ0n) is 9.85. The number of hydrogen-bond donors (Lipinski definition) is 1. The van der Waals surface area contributed by atoms with E-state index in [1.807, 2.05) is 0 Å². The first-order chi connectivity index (χ1) is 9.16. The van der Waals surface area contributed by atoms with Gasteiger partial charge < -0.3 is 9.73 Å². The Morgan fingerprint density at radius 1 is 1.53 bits per heavy atom. The Labute approximate surface area is 107 Å². The maximum absolute atomic E-state index is 11.6. The third kappa shape index (κ3) is 3.37. The fraction of sp³-hybridized carbons (Fsp3) is 0.300. The number of aryl methyl sites for hydroxylation is 1. The van der Waals surface area contributed by atoms with E-state index in [4.69, 9.17) is 4.42 Å². The molecule has 0 aliphatic heterocycles. The summed E-state index contributed by atoms with van der Waals surface area (Å²) in [7, 11) is 0. The molecule has 0 fully saturated rings. The lowest BCUT2D eigenvalue weighted by Crippen LogP contribution is -2.24. The first kappa shape index (κ1) is 12.7. The topological polar surface area (TPSA) is 116 Å². The van der Waals surface area contributed by atoms with Crippen LogP contribution in [0.3, 0.4) is 0 Å². The summed E-state index contributed by atoms with van der Waals surface area (Å²) in [5, 5.41) is 16.9. The highest BCUT2D eigenvalue weighted by Gasteiger charge is 2.16. The van der Waals surface area contributed by atoms with Crippen LogP contribution in [0.25, 0.3) is 0 Å². The minimum Gasteiger partial charge on any atom is -0.395 e. The Balaban J connectivity index is 1.76. The van der Waals surface area contributed by atoms with E-state index in [1.54, 1.807) is 11.0 Å². The van der Waals surface area contributed by atoms with Gasteiger partial charge in [-0.15, -0.1) is 0 Å². The van der Waals surface area contributed by atoms with Crippen molar-refractivity contribution in [1.82, 2.24) is 20.1 Å². The van der Waals surface area contributed by atoms with Gasteiger partial charge in [-0.05, 0) is 12.5 Å². The minimum atomic E-state index is -0.693. The van der Waals surface area contributed by atoms with Crippen molar-refractivity contribution in [3.8, 4) is 0 Å². The summed E-state index contributed by atoms with van der Waals surface area (Å²) in [6.45, 7) is 1.03. The van der Waals surface area contributed by atoms with E-state index >= 15 is 0 Å². The molecule has 0 aliphatic carbocycles. The average Bonchev–Trinajstić information content (AvgIpc) is 3.05. The van der Waals surface area contributed by atoms with Gasteiger partial charge in [0.25, 0.3) is 5.91 Å². The van der Waals surface area contributed by atoms with Crippen LogP contribution in [0.5, 0.6) is 0 Å². The Morgan fingerprint density at radius 2 is 2.37 bits per heavy atom. The summed E-state index contributed by atoms with van der Waals surface area (Å²) < 4.78 is 6.41. The van der Waals surface area contributed by atoms with Gasteiger partial charge in [0.2, 0.25) is 0 Å². The summed E-state index contributed by atoms with van der Waals surface area (Å²) in [5.74, 6) is -1.01. The fourth-order valence-electron chi connectivity index (χ4n) is 1.43. The third-order valence-electron chi connectivity index (χ3n) is 2.31. The number of rotatable bonds is 6. The van der Waals surface area contributed by atoms with Gasteiger partial charge in [0.05, 0.1) is 6.07 Å². The quantitative estimate of drug-likeness (QED) is 0.464. The Morgan fingerprint density at radius 3 is 3.00 bits per heavy atom. The molecule has 2 heterocycles. The maximum atomic E-state index is 11.6. The van der Waals surface area contributed by atoms with Gasteiger partial charge in [-0.25, -0.2) is 4.98 Å². The third-order valence-corrected chi connectivity index (χ3v) is 2.31. The zero-order valence-corrected chi connectivity index (χ0v) is 9.85. The summed E-state index contributed by atoms with van der Waals surface area (Å²) >= 11 is 0. The van der Waals surface area contributed by atoms with Gasteiger partial charge >= 0.3 is 5.88 Å². The highest BCUT2D eigenvalue weighted by atomic mass is 16.6. The molecule has 2 rings (SSSR count). The molecule has 1 N–H and O–H groups in total. The van der Waals surface area contributed by atoms with Crippen LogP contribution in [0.15, 0.2) is 29.2 Å². The number of carbonyl (C=O) groups excluding carboxylic acids is 1. The van der Waals surface area contributed by atoms with Gasteiger partial charge in [0, 0.05) is 13.1 Å². The number of aromatic nitrogens is 3. The zero-order chi connectivity index (χ0) is 13.7. The number of nitrogens with one attached hydrogen (secondary N) is 1. The molecule has 100 valence electrons. The van der Waals surface area contributed by atoms with Crippen LogP contribution in [0.4, 0.5) is 5.88 Å². The molecule has 0 unspecified atom stereocenters. The molecule has 0 bridgehead atoms. The Bertz CT molecular complexity index is 562. The predicted molar refractivity (Wildman–Crippen MR) is 62.3 cm³/mol. The van der Waals surface area contributed by atoms with E-state index in [0.717, 1.165) is 6.07 Å². The van der Waals surface area contributed by atoms with Crippen molar-refractivity contribution >= 4 is 11.8 Å². The van der Waals surface area contributed by atoms with E-state index < -0.39 is 16.7 Å². The van der Waals surface area contributed by atoms with E-state index in [-0.39, 0.29) is 5.76 Å². The van der Waals surface area contributed by atoms with Gasteiger partial charge in [0.15, 0.2) is 5.76 Å².